The van der Waals surface area contributed by atoms with Crippen LogP contribution in [-0.4, -0.2) is 0 Å². The molecule has 4 aromatic rings. The fraction of sp³-hybridized carbons (Fsp3) is 0.130. The Hall–Kier alpha value is -2.12. The zero-order chi connectivity index (χ0) is 16.5. The number of fused-ring (bicyclic) bond motifs is 8. The topological polar surface area (TPSA) is 0 Å². The van der Waals surface area contributed by atoms with E-state index in [1.165, 1.54) is 43.8 Å². The predicted octanol–water partition coefficient (Wildman–Crippen LogP) is 7.06. The highest BCUT2D eigenvalue weighted by Crippen LogP contribution is 2.54. The van der Waals surface area contributed by atoms with Crippen LogP contribution >= 0.6 is 15.9 Å². The maximum absolute atomic E-state index is 3.67. The van der Waals surface area contributed by atoms with Crippen LogP contribution in [0.4, 0.5) is 0 Å². The molecule has 0 bridgehead atoms. The Morgan fingerprint density at radius 2 is 1.29 bits per heavy atom. The molecule has 1 heteroatoms. The first-order valence-electron chi connectivity index (χ1n) is 8.33. The van der Waals surface area contributed by atoms with E-state index in [4.69, 9.17) is 0 Å². The number of hydrogen-bond acceptors (Lipinski definition) is 0. The number of halogens is 1. The predicted molar refractivity (Wildman–Crippen MR) is 107 cm³/mol. The van der Waals surface area contributed by atoms with Crippen molar-refractivity contribution in [2.45, 2.75) is 19.3 Å². The maximum Gasteiger partial charge on any atom is 0.0181 e. The molecular weight excluding hydrogens is 356 g/mol. The molecule has 0 spiro atoms. The Labute approximate surface area is 150 Å². The van der Waals surface area contributed by atoms with Crippen molar-refractivity contribution in [1.29, 1.82) is 0 Å². The summed E-state index contributed by atoms with van der Waals surface area (Å²) in [7, 11) is 0. The molecule has 0 aliphatic heterocycles. The SMILES string of the molecule is CC1(C)c2ccc(Br)cc2-c2c1c1ccccc1c1ccccc21. The van der Waals surface area contributed by atoms with Gasteiger partial charge in [0.15, 0.2) is 0 Å². The van der Waals surface area contributed by atoms with Crippen molar-refractivity contribution in [2.75, 3.05) is 0 Å². The average molecular weight is 373 g/mol. The van der Waals surface area contributed by atoms with Gasteiger partial charge in [-0.15, -0.1) is 0 Å². The van der Waals surface area contributed by atoms with E-state index in [0.717, 1.165) is 4.47 Å². The van der Waals surface area contributed by atoms with Crippen LogP contribution in [0, 0.1) is 0 Å². The molecule has 1 aliphatic carbocycles. The van der Waals surface area contributed by atoms with Crippen LogP contribution in [0.15, 0.2) is 71.2 Å². The van der Waals surface area contributed by atoms with Gasteiger partial charge in [0.2, 0.25) is 0 Å². The van der Waals surface area contributed by atoms with Crippen molar-refractivity contribution in [1.82, 2.24) is 0 Å². The summed E-state index contributed by atoms with van der Waals surface area (Å²) in [5.74, 6) is 0. The molecule has 0 unspecified atom stereocenters. The fourth-order valence-electron chi connectivity index (χ4n) is 4.47. The first-order chi connectivity index (χ1) is 11.6. The number of rotatable bonds is 0. The van der Waals surface area contributed by atoms with Gasteiger partial charge in [-0.25, -0.2) is 0 Å². The Morgan fingerprint density at radius 3 is 2.00 bits per heavy atom. The summed E-state index contributed by atoms with van der Waals surface area (Å²) < 4.78 is 1.14. The smallest absolute Gasteiger partial charge is 0.0181 e. The van der Waals surface area contributed by atoms with Gasteiger partial charge >= 0.3 is 0 Å². The van der Waals surface area contributed by atoms with Gasteiger partial charge in [-0.2, -0.15) is 0 Å². The quantitative estimate of drug-likeness (QED) is 0.289. The average Bonchev–Trinajstić information content (AvgIpc) is 2.83. The highest BCUT2D eigenvalue weighted by atomic mass is 79.9. The minimum absolute atomic E-state index is 0.00893. The molecule has 0 saturated carbocycles. The van der Waals surface area contributed by atoms with Gasteiger partial charge in [0.1, 0.15) is 0 Å². The molecule has 0 heterocycles. The maximum atomic E-state index is 3.67. The molecular formula is C23H17Br. The summed E-state index contributed by atoms with van der Waals surface area (Å²) >= 11 is 3.67. The Kier molecular flexibility index (Phi) is 2.79. The Morgan fingerprint density at radius 1 is 0.708 bits per heavy atom. The van der Waals surface area contributed by atoms with Crippen molar-refractivity contribution in [2.24, 2.45) is 0 Å². The lowest BCUT2D eigenvalue weighted by Gasteiger charge is -2.24. The van der Waals surface area contributed by atoms with Gasteiger partial charge < -0.3 is 0 Å². The molecule has 0 radical (unpaired) electrons. The van der Waals surface area contributed by atoms with Gasteiger partial charge in [-0.05, 0) is 55.9 Å². The lowest BCUT2D eigenvalue weighted by Crippen LogP contribution is -2.15. The minimum atomic E-state index is 0.00893. The van der Waals surface area contributed by atoms with Gasteiger partial charge in [0.05, 0.1) is 0 Å². The number of hydrogen-bond donors (Lipinski definition) is 0. The van der Waals surface area contributed by atoms with Gasteiger partial charge in [-0.3, -0.25) is 0 Å². The van der Waals surface area contributed by atoms with Crippen molar-refractivity contribution in [3.63, 3.8) is 0 Å². The summed E-state index contributed by atoms with van der Waals surface area (Å²) in [5.41, 5.74) is 5.67. The van der Waals surface area contributed by atoms with E-state index in [9.17, 15) is 0 Å². The first kappa shape index (κ1) is 14.2. The molecule has 116 valence electrons. The molecule has 0 aromatic heterocycles. The zero-order valence-corrected chi connectivity index (χ0v) is 15.3. The van der Waals surface area contributed by atoms with Crippen LogP contribution in [0.25, 0.3) is 32.7 Å². The van der Waals surface area contributed by atoms with Crippen LogP contribution in [-0.2, 0) is 5.41 Å². The van der Waals surface area contributed by atoms with E-state index in [-0.39, 0.29) is 5.41 Å². The van der Waals surface area contributed by atoms with Crippen molar-refractivity contribution in [3.8, 4) is 11.1 Å². The van der Waals surface area contributed by atoms with E-state index in [1.807, 2.05) is 0 Å². The van der Waals surface area contributed by atoms with Crippen LogP contribution in [0.3, 0.4) is 0 Å². The zero-order valence-electron chi connectivity index (χ0n) is 13.7. The van der Waals surface area contributed by atoms with E-state index in [0.29, 0.717) is 0 Å². The fourth-order valence-corrected chi connectivity index (χ4v) is 4.83. The molecule has 24 heavy (non-hydrogen) atoms. The lowest BCUT2D eigenvalue weighted by atomic mass is 9.79. The standard InChI is InChI=1S/C23H17Br/c1-23(2)20-12-11-14(24)13-19(20)21-17-9-5-3-7-15(17)16-8-4-6-10-18(16)22(21)23/h3-13H,1-2H3. The molecule has 4 aromatic carbocycles. The molecule has 1 aliphatic rings. The van der Waals surface area contributed by atoms with Crippen LogP contribution in [0.1, 0.15) is 25.0 Å². The monoisotopic (exact) mass is 372 g/mol. The normalized spacial score (nSPS) is 14.8. The van der Waals surface area contributed by atoms with Crippen LogP contribution in [0.5, 0.6) is 0 Å². The summed E-state index contributed by atoms with van der Waals surface area (Å²) in [5, 5.41) is 5.43. The van der Waals surface area contributed by atoms with Crippen molar-refractivity contribution < 1.29 is 0 Å². The minimum Gasteiger partial charge on any atom is -0.0616 e. The summed E-state index contributed by atoms with van der Waals surface area (Å²) in [6.45, 7) is 4.71. The molecule has 5 rings (SSSR count). The Balaban J connectivity index is 2.11. The van der Waals surface area contributed by atoms with Gasteiger partial charge in [0, 0.05) is 9.89 Å². The molecule has 0 saturated heterocycles. The van der Waals surface area contributed by atoms with E-state index < -0.39 is 0 Å². The second-order valence-corrected chi connectivity index (χ2v) is 8.07. The second kappa shape index (κ2) is 4.70. The molecule has 0 amide bonds. The van der Waals surface area contributed by atoms with E-state index >= 15 is 0 Å². The molecule has 0 N–H and O–H groups in total. The highest BCUT2D eigenvalue weighted by Gasteiger charge is 2.38. The highest BCUT2D eigenvalue weighted by molar-refractivity contribution is 9.10. The lowest BCUT2D eigenvalue weighted by molar-refractivity contribution is 0.666. The molecule has 0 fully saturated rings. The summed E-state index contributed by atoms with van der Waals surface area (Å²) in [4.78, 5) is 0. The summed E-state index contributed by atoms with van der Waals surface area (Å²) in [6.07, 6.45) is 0. The van der Waals surface area contributed by atoms with E-state index in [1.54, 1.807) is 0 Å². The third kappa shape index (κ3) is 1.68. The van der Waals surface area contributed by atoms with Crippen LogP contribution in [0.2, 0.25) is 0 Å². The molecule has 0 nitrogen and oxygen atoms in total. The second-order valence-electron chi connectivity index (χ2n) is 7.16. The largest absolute Gasteiger partial charge is 0.0616 e. The van der Waals surface area contributed by atoms with Crippen LogP contribution < -0.4 is 0 Å². The Bertz CT molecular complexity index is 1140. The first-order valence-corrected chi connectivity index (χ1v) is 9.12. The number of benzene rings is 4. The third-order valence-electron chi connectivity index (χ3n) is 5.48. The third-order valence-corrected chi connectivity index (χ3v) is 5.98. The van der Waals surface area contributed by atoms with Crippen molar-refractivity contribution >= 4 is 37.5 Å². The van der Waals surface area contributed by atoms with Gasteiger partial charge in [0.25, 0.3) is 0 Å². The summed E-state index contributed by atoms with van der Waals surface area (Å²) in [6, 6.07) is 24.4. The van der Waals surface area contributed by atoms with Crippen molar-refractivity contribution in [3.05, 3.63) is 82.3 Å². The molecule has 0 atom stereocenters. The van der Waals surface area contributed by atoms with E-state index in [2.05, 4.69) is 96.5 Å². The van der Waals surface area contributed by atoms with Gasteiger partial charge in [-0.1, -0.05) is 84.4 Å².